The van der Waals surface area contributed by atoms with Crippen molar-refractivity contribution in [2.75, 3.05) is 6.54 Å². The smallest absolute Gasteiger partial charge is 0.0669 e. The van der Waals surface area contributed by atoms with Gasteiger partial charge in [-0.05, 0) is 24.1 Å². The highest BCUT2D eigenvalue weighted by molar-refractivity contribution is 6.30. The van der Waals surface area contributed by atoms with Crippen molar-refractivity contribution in [2.45, 2.75) is 12.5 Å². The van der Waals surface area contributed by atoms with Gasteiger partial charge in [-0.3, -0.25) is 0 Å². The Morgan fingerprint density at radius 2 is 2.36 bits per heavy atom. The largest absolute Gasteiger partial charge is 0.309 e. The molecule has 1 fully saturated rings. The quantitative estimate of drug-likeness (QED) is 0.767. The number of benzene rings is 1. The maximum Gasteiger partial charge on any atom is 0.0669 e. The number of rotatable bonds is 1. The molecule has 0 amide bonds. The molecule has 0 spiro atoms. The van der Waals surface area contributed by atoms with E-state index >= 15 is 0 Å². The second kappa shape index (κ2) is 4.00. The predicted molar refractivity (Wildman–Crippen MR) is 55.9 cm³/mol. The van der Waals surface area contributed by atoms with Gasteiger partial charge in [0.15, 0.2) is 0 Å². The summed E-state index contributed by atoms with van der Waals surface area (Å²) in [5.41, 5.74) is 1.18. The van der Waals surface area contributed by atoms with Crippen molar-refractivity contribution in [3.63, 3.8) is 0 Å². The van der Waals surface area contributed by atoms with Crippen molar-refractivity contribution in [1.82, 2.24) is 5.32 Å². The molecule has 14 heavy (non-hydrogen) atoms. The fraction of sp³-hybridized carbons (Fsp3) is 0.364. The molecule has 1 aliphatic rings. The first-order chi connectivity index (χ1) is 6.79. The highest BCUT2D eigenvalue weighted by Crippen LogP contribution is 2.27. The Morgan fingerprint density at radius 3 is 3.00 bits per heavy atom. The molecule has 1 aliphatic heterocycles. The molecule has 0 aliphatic carbocycles. The molecule has 2 atom stereocenters. The van der Waals surface area contributed by atoms with Crippen LogP contribution in [0, 0.1) is 17.2 Å². The van der Waals surface area contributed by atoms with Crippen molar-refractivity contribution in [3.05, 3.63) is 34.9 Å². The lowest BCUT2D eigenvalue weighted by atomic mass is 10.0. The van der Waals surface area contributed by atoms with E-state index in [2.05, 4.69) is 11.4 Å². The Kier molecular flexibility index (Phi) is 2.72. The third-order valence-corrected chi connectivity index (χ3v) is 2.80. The second-order valence-electron chi connectivity index (χ2n) is 3.58. The zero-order chi connectivity index (χ0) is 9.97. The summed E-state index contributed by atoms with van der Waals surface area (Å²) in [6.07, 6.45) is 0.886. The third-order valence-electron chi connectivity index (χ3n) is 2.56. The van der Waals surface area contributed by atoms with E-state index in [1.165, 1.54) is 5.56 Å². The molecule has 1 saturated heterocycles. The fourth-order valence-corrected chi connectivity index (χ4v) is 2.01. The molecule has 0 aromatic heterocycles. The molecule has 0 bridgehead atoms. The summed E-state index contributed by atoms with van der Waals surface area (Å²) in [7, 11) is 0. The molecule has 1 N–H and O–H groups in total. The number of nitriles is 1. The van der Waals surface area contributed by atoms with Gasteiger partial charge in [-0.15, -0.1) is 0 Å². The van der Waals surface area contributed by atoms with Gasteiger partial charge < -0.3 is 5.32 Å². The minimum absolute atomic E-state index is 0.138. The van der Waals surface area contributed by atoms with Crippen LogP contribution in [0.4, 0.5) is 0 Å². The van der Waals surface area contributed by atoms with Crippen molar-refractivity contribution in [1.29, 1.82) is 5.26 Å². The fourth-order valence-electron chi connectivity index (χ4n) is 1.81. The standard InChI is InChI=1S/C11H11ClN2/c12-10-3-1-2-9(5-10)11-4-8(6-13)7-14-11/h1-3,5,8,11,14H,4,7H2. The zero-order valence-electron chi connectivity index (χ0n) is 7.70. The first kappa shape index (κ1) is 9.51. The molecule has 2 rings (SSSR count). The molecule has 0 saturated carbocycles. The normalized spacial score (nSPS) is 26.0. The summed E-state index contributed by atoms with van der Waals surface area (Å²) in [6, 6.07) is 10.4. The number of hydrogen-bond acceptors (Lipinski definition) is 2. The van der Waals surface area contributed by atoms with E-state index < -0.39 is 0 Å². The lowest BCUT2D eigenvalue weighted by molar-refractivity contribution is 0.639. The number of nitrogens with one attached hydrogen (secondary N) is 1. The van der Waals surface area contributed by atoms with Crippen LogP contribution in [0.1, 0.15) is 18.0 Å². The molecule has 1 aromatic carbocycles. The van der Waals surface area contributed by atoms with Gasteiger partial charge >= 0.3 is 0 Å². The van der Waals surface area contributed by atoms with E-state index in [0.717, 1.165) is 18.0 Å². The van der Waals surface area contributed by atoms with E-state index in [1.807, 2.05) is 24.3 Å². The van der Waals surface area contributed by atoms with Crippen LogP contribution in [0.5, 0.6) is 0 Å². The summed E-state index contributed by atoms with van der Waals surface area (Å²) < 4.78 is 0. The summed E-state index contributed by atoms with van der Waals surface area (Å²) in [5.74, 6) is 0.138. The summed E-state index contributed by atoms with van der Waals surface area (Å²) >= 11 is 5.90. The average molecular weight is 207 g/mol. The van der Waals surface area contributed by atoms with Gasteiger partial charge in [-0.1, -0.05) is 23.7 Å². The molecule has 0 radical (unpaired) electrons. The van der Waals surface area contributed by atoms with Crippen LogP contribution in [-0.2, 0) is 0 Å². The Morgan fingerprint density at radius 1 is 1.50 bits per heavy atom. The Bertz CT molecular complexity index is 370. The molecule has 2 nitrogen and oxygen atoms in total. The zero-order valence-corrected chi connectivity index (χ0v) is 8.46. The van der Waals surface area contributed by atoms with Crippen molar-refractivity contribution < 1.29 is 0 Å². The van der Waals surface area contributed by atoms with Gasteiger partial charge in [-0.2, -0.15) is 5.26 Å². The molecule has 3 heteroatoms. The Balaban J connectivity index is 2.14. The van der Waals surface area contributed by atoms with E-state index in [0.29, 0.717) is 6.04 Å². The molecular formula is C11H11ClN2. The lowest BCUT2D eigenvalue weighted by Crippen LogP contribution is -2.13. The Labute approximate surface area is 88.5 Å². The Hall–Kier alpha value is -1.04. The van der Waals surface area contributed by atoms with Crippen molar-refractivity contribution in [2.24, 2.45) is 5.92 Å². The van der Waals surface area contributed by atoms with Crippen molar-refractivity contribution >= 4 is 11.6 Å². The first-order valence-corrected chi connectivity index (χ1v) is 5.06. The molecule has 1 aromatic rings. The van der Waals surface area contributed by atoms with Gasteiger partial charge in [0.2, 0.25) is 0 Å². The van der Waals surface area contributed by atoms with E-state index in [1.54, 1.807) is 0 Å². The first-order valence-electron chi connectivity index (χ1n) is 4.68. The van der Waals surface area contributed by atoms with Crippen LogP contribution in [0.2, 0.25) is 5.02 Å². The van der Waals surface area contributed by atoms with Crippen molar-refractivity contribution in [3.8, 4) is 6.07 Å². The SMILES string of the molecule is N#CC1CNC(c2cccc(Cl)c2)C1. The number of nitrogens with zero attached hydrogens (tertiary/aromatic N) is 1. The summed E-state index contributed by atoms with van der Waals surface area (Å²) in [4.78, 5) is 0. The van der Waals surface area contributed by atoms with Crippen LogP contribution in [0.3, 0.4) is 0 Å². The van der Waals surface area contributed by atoms with Crippen LogP contribution in [0.25, 0.3) is 0 Å². The van der Waals surface area contributed by atoms with Gasteiger partial charge in [0, 0.05) is 17.6 Å². The van der Waals surface area contributed by atoms with Crippen LogP contribution in [-0.4, -0.2) is 6.54 Å². The maximum atomic E-state index is 8.77. The van der Waals surface area contributed by atoms with Gasteiger partial charge in [0.05, 0.1) is 12.0 Å². The van der Waals surface area contributed by atoms with E-state index in [9.17, 15) is 0 Å². The predicted octanol–water partition coefficient (Wildman–Crippen LogP) is 2.51. The van der Waals surface area contributed by atoms with Crippen LogP contribution < -0.4 is 5.32 Å². The highest BCUT2D eigenvalue weighted by Gasteiger charge is 2.24. The number of halogens is 1. The van der Waals surface area contributed by atoms with Gasteiger partial charge in [0.1, 0.15) is 0 Å². The average Bonchev–Trinajstić information content (AvgIpc) is 2.66. The molecular weight excluding hydrogens is 196 g/mol. The number of hydrogen-bond donors (Lipinski definition) is 1. The lowest BCUT2D eigenvalue weighted by Gasteiger charge is -2.09. The molecule has 72 valence electrons. The third kappa shape index (κ3) is 1.89. The second-order valence-corrected chi connectivity index (χ2v) is 4.01. The topological polar surface area (TPSA) is 35.8 Å². The summed E-state index contributed by atoms with van der Waals surface area (Å²) in [5, 5.41) is 12.8. The maximum absolute atomic E-state index is 8.77. The minimum Gasteiger partial charge on any atom is -0.309 e. The van der Waals surface area contributed by atoms with Crippen LogP contribution in [0.15, 0.2) is 24.3 Å². The van der Waals surface area contributed by atoms with E-state index in [4.69, 9.17) is 16.9 Å². The monoisotopic (exact) mass is 206 g/mol. The molecule has 2 unspecified atom stereocenters. The highest BCUT2D eigenvalue weighted by atomic mass is 35.5. The van der Waals surface area contributed by atoms with E-state index in [-0.39, 0.29) is 5.92 Å². The summed E-state index contributed by atoms with van der Waals surface area (Å²) in [6.45, 7) is 0.785. The van der Waals surface area contributed by atoms with Crippen LogP contribution >= 0.6 is 11.6 Å². The van der Waals surface area contributed by atoms with Gasteiger partial charge in [-0.25, -0.2) is 0 Å². The molecule has 1 heterocycles. The van der Waals surface area contributed by atoms with Gasteiger partial charge in [0.25, 0.3) is 0 Å². The minimum atomic E-state index is 0.138.